The van der Waals surface area contributed by atoms with Crippen LogP contribution in [0.15, 0.2) is 54.2 Å². The monoisotopic (exact) mass is 317 g/mol. The number of nitrogens with zero attached hydrogens (tertiary/aromatic N) is 1. The molecule has 0 bridgehead atoms. The largest absolute Gasteiger partial charge is 0.295 e. The summed E-state index contributed by atoms with van der Waals surface area (Å²) in [5.41, 5.74) is 5.61. The van der Waals surface area contributed by atoms with E-state index < -0.39 is 0 Å². The molecular formula is C21H19NO2. The van der Waals surface area contributed by atoms with E-state index in [1.54, 1.807) is 11.0 Å². The van der Waals surface area contributed by atoms with Crippen LogP contribution in [0, 0.1) is 13.8 Å². The van der Waals surface area contributed by atoms with E-state index in [0.29, 0.717) is 6.42 Å². The smallest absolute Gasteiger partial charge is 0.262 e. The lowest BCUT2D eigenvalue weighted by atomic mass is 9.79. The van der Waals surface area contributed by atoms with Crippen LogP contribution in [-0.2, 0) is 4.79 Å². The molecule has 1 atom stereocenters. The third-order valence-corrected chi connectivity index (χ3v) is 5.04. The summed E-state index contributed by atoms with van der Waals surface area (Å²) >= 11 is 0. The molecule has 1 heterocycles. The van der Waals surface area contributed by atoms with Crippen molar-refractivity contribution in [3.63, 3.8) is 0 Å². The molecule has 1 aliphatic heterocycles. The second-order valence-electron chi connectivity index (χ2n) is 6.60. The van der Waals surface area contributed by atoms with E-state index in [-0.39, 0.29) is 17.6 Å². The normalized spacial score (nSPS) is 19.7. The fourth-order valence-corrected chi connectivity index (χ4v) is 3.93. The van der Waals surface area contributed by atoms with Crippen molar-refractivity contribution in [1.29, 1.82) is 0 Å². The lowest BCUT2D eigenvalue weighted by Crippen LogP contribution is -2.40. The van der Waals surface area contributed by atoms with Crippen LogP contribution in [0.1, 0.15) is 45.8 Å². The van der Waals surface area contributed by atoms with E-state index in [2.05, 4.69) is 0 Å². The Morgan fingerprint density at radius 2 is 1.67 bits per heavy atom. The van der Waals surface area contributed by atoms with Crippen LogP contribution < -0.4 is 4.90 Å². The highest BCUT2D eigenvalue weighted by atomic mass is 16.2. The zero-order valence-corrected chi connectivity index (χ0v) is 13.9. The lowest BCUT2D eigenvalue weighted by Gasteiger charge is -2.39. The molecule has 0 fully saturated rings. The maximum absolute atomic E-state index is 13.3. The zero-order valence-electron chi connectivity index (χ0n) is 13.9. The highest BCUT2D eigenvalue weighted by Crippen LogP contribution is 2.44. The number of carbonyl (C=O) groups excluding carboxylic acids is 2. The molecule has 1 unspecified atom stereocenters. The Morgan fingerprint density at radius 1 is 0.958 bits per heavy atom. The van der Waals surface area contributed by atoms with Crippen LogP contribution in [0.25, 0.3) is 0 Å². The summed E-state index contributed by atoms with van der Waals surface area (Å²) in [6.45, 7) is 4.02. The van der Waals surface area contributed by atoms with Crippen molar-refractivity contribution >= 4 is 17.4 Å². The number of aryl methyl sites for hydroxylation is 2. The molecule has 0 saturated carbocycles. The van der Waals surface area contributed by atoms with Crippen molar-refractivity contribution in [3.05, 3.63) is 76.5 Å². The first-order valence-electron chi connectivity index (χ1n) is 8.32. The predicted octanol–water partition coefficient (Wildman–Crippen LogP) is 4.29. The number of allylic oxidation sites excluding steroid dienone is 2. The second kappa shape index (κ2) is 5.45. The molecule has 3 nitrogen and oxygen atoms in total. The lowest BCUT2D eigenvalue weighted by molar-refractivity contribution is -0.115. The first-order valence-corrected chi connectivity index (χ1v) is 8.32. The van der Waals surface area contributed by atoms with Gasteiger partial charge in [0.2, 0.25) is 0 Å². The molecule has 1 amide bonds. The van der Waals surface area contributed by atoms with E-state index in [1.807, 2.05) is 56.3 Å². The van der Waals surface area contributed by atoms with E-state index in [9.17, 15) is 9.59 Å². The number of carbonyl (C=O) groups is 2. The van der Waals surface area contributed by atoms with Gasteiger partial charge in [0.1, 0.15) is 0 Å². The average molecular weight is 317 g/mol. The van der Waals surface area contributed by atoms with Gasteiger partial charge in [0, 0.05) is 29.7 Å². The highest BCUT2D eigenvalue weighted by Gasteiger charge is 2.39. The number of ketones is 1. The first kappa shape index (κ1) is 14.9. The molecule has 2 aromatic rings. The van der Waals surface area contributed by atoms with E-state index in [1.165, 1.54) is 0 Å². The minimum Gasteiger partial charge on any atom is -0.295 e. The SMILES string of the molecule is Cc1cccc(C)c1N1C(=O)c2ccccc2C2CCC(=O)C=C21. The summed E-state index contributed by atoms with van der Waals surface area (Å²) < 4.78 is 0. The summed E-state index contributed by atoms with van der Waals surface area (Å²) in [4.78, 5) is 27.1. The molecule has 120 valence electrons. The van der Waals surface area contributed by atoms with E-state index in [0.717, 1.165) is 40.1 Å². The van der Waals surface area contributed by atoms with Gasteiger partial charge in [0.15, 0.2) is 5.78 Å². The summed E-state index contributed by atoms with van der Waals surface area (Å²) in [7, 11) is 0. The number of amides is 1. The molecule has 0 N–H and O–H groups in total. The van der Waals surface area contributed by atoms with Crippen molar-refractivity contribution in [1.82, 2.24) is 0 Å². The number of anilines is 1. The Kier molecular flexibility index (Phi) is 3.38. The molecule has 2 aromatic carbocycles. The van der Waals surface area contributed by atoms with Gasteiger partial charge in [0.05, 0.1) is 5.69 Å². The van der Waals surface area contributed by atoms with Gasteiger partial charge in [-0.15, -0.1) is 0 Å². The fraction of sp³-hybridized carbons (Fsp3) is 0.238. The Morgan fingerprint density at radius 3 is 2.42 bits per heavy atom. The summed E-state index contributed by atoms with van der Waals surface area (Å²) in [6.07, 6.45) is 2.97. The van der Waals surface area contributed by atoms with Crippen molar-refractivity contribution in [3.8, 4) is 0 Å². The predicted molar refractivity (Wildman–Crippen MR) is 94.2 cm³/mol. The summed E-state index contributed by atoms with van der Waals surface area (Å²) in [5, 5.41) is 0. The number of rotatable bonds is 1. The molecule has 0 spiro atoms. The molecular weight excluding hydrogens is 298 g/mol. The van der Waals surface area contributed by atoms with Gasteiger partial charge >= 0.3 is 0 Å². The first-order chi connectivity index (χ1) is 11.6. The molecule has 1 aliphatic carbocycles. The Bertz CT molecular complexity index is 874. The second-order valence-corrected chi connectivity index (χ2v) is 6.60. The number of para-hydroxylation sites is 1. The minimum atomic E-state index is -0.0415. The molecule has 0 saturated heterocycles. The van der Waals surface area contributed by atoms with Crippen molar-refractivity contribution in [2.75, 3.05) is 4.90 Å². The van der Waals surface area contributed by atoms with Gasteiger partial charge in [-0.1, -0.05) is 36.4 Å². The van der Waals surface area contributed by atoms with Crippen molar-refractivity contribution in [2.24, 2.45) is 0 Å². The minimum absolute atomic E-state index is 0.0415. The molecule has 0 radical (unpaired) electrons. The molecule has 4 rings (SSSR count). The van der Waals surface area contributed by atoms with Gasteiger partial charge in [0.25, 0.3) is 5.91 Å². The summed E-state index contributed by atoms with van der Waals surface area (Å²) in [5.74, 6) is 0.167. The topological polar surface area (TPSA) is 37.4 Å². The number of hydrogen-bond donors (Lipinski definition) is 0. The summed E-state index contributed by atoms with van der Waals surface area (Å²) in [6, 6.07) is 13.8. The van der Waals surface area contributed by atoms with Crippen LogP contribution in [0.3, 0.4) is 0 Å². The third-order valence-electron chi connectivity index (χ3n) is 5.04. The van der Waals surface area contributed by atoms with Crippen molar-refractivity contribution in [2.45, 2.75) is 32.6 Å². The van der Waals surface area contributed by atoms with Gasteiger partial charge < -0.3 is 0 Å². The quantitative estimate of drug-likeness (QED) is 0.786. The van der Waals surface area contributed by atoms with Crippen LogP contribution in [0.2, 0.25) is 0 Å². The van der Waals surface area contributed by atoms with Gasteiger partial charge in [-0.05, 0) is 43.0 Å². The highest BCUT2D eigenvalue weighted by molar-refractivity contribution is 6.13. The maximum Gasteiger partial charge on any atom is 0.262 e. The van der Waals surface area contributed by atoms with Crippen molar-refractivity contribution < 1.29 is 9.59 Å². The third kappa shape index (κ3) is 2.12. The molecule has 0 aromatic heterocycles. The van der Waals surface area contributed by atoms with Gasteiger partial charge in [-0.3, -0.25) is 14.5 Å². The van der Waals surface area contributed by atoms with Crippen LogP contribution in [0.5, 0.6) is 0 Å². The van der Waals surface area contributed by atoms with Gasteiger partial charge in [-0.25, -0.2) is 0 Å². The Balaban J connectivity index is 1.99. The van der Waals surface area contributed by atoms with Gasteiger partial charge in [-0.2, -0.15) is 0 Å². The zero-order chi connectivity index (χ0) is 16.8. The van der Waals surface area contributed by atoms with Crippen LogP contribution in [-0.4, -0.2) is 11.7 Å². The van der Waals surface area contributed by atoms with E-state index in [4.69, 9.17) is 0 Å². The molecule has 3 heteroatoms. The molecule has 24 heavy (non-hydrogen) atoms. The van der Waals surface area contributed by atoms with Crippen LogP contribution >= 0.6 is 0 Å². The van der Waals surface area contributed by atoms with Crippen LogP contribution in [0.4, 0.5) is 5.69 Å². The maximum atomic E-state index is 13.3. The molecule has 2 aliphatic rings. The fourth-order valence-electron chi connectivity index (χ4n) is 3.93. The number of benzene rings is 2. The van der Waals surface area contributed by atoms with E-state index >= 15 is 0 Å². The standard InChI is InChI=1S/C21H19NO2/c1-13-6-5-7-14(2)20(13)22-19-12-15(23)10-11-17(19)16-8-3-4-9-18(16)21(22)24/h3-9,12,17H,10-11H2,1-2H3. The number of hydrogen-bond acceptors (Lipinski definition) is 2. The average Bonchev–Trinajstić information content (AvgIpc) is 2.57. The Hall–Kier alpha value is -2.68. The number of fused-ring (bicyclic) bond motifs is 3. The Labute approximate surface area is 141 Å².